The van der Waals surface area contributed by atoms with E-state index in [1.54, 1.807) is 0 Å². The molecule has 4 rings (SSSR count). The molecule has 0 radical (unpaired) electrons. The van der Waals surface area contributed by atoms with Gasteiger partial charge >= 0.3 is 0 Å². The fourth-order valence-electron chi connectivity index (χ4n) is 4.04. The van der Waals surface area contributed by atoms with Gasteiger partial charge in [0.05, 0.1) is 23.4 Å². The van der Waals surface area contributed by atoms with Crippen LogP contribution in [0.15, 0.2) is 18.2 Å². The average Bonchev–Trinajstić information content (AvgIpc) is 2.88. The lowest BCUT2D eigenvalue weighted by molar-refractivity contribution is 0.139. The van der Waals surface area contributed by atoms with Gasteiger partial charge in [-0.15, -0.1) is 0 Å². The molecule has 2 aromatic rings. The van der Waals surface area contributed by atoms with Gasteiger partial charge in [0.1, 0.15) is 11.6 Å². The van der Waals surface area contributed by atoms with Crippen molar-refractivity contribution < 1.29 is 9.84 Å². The number of aliphatic hydroxyl groups excluding tert-OH is 1. The van der Waals surface area contributed by atoms with E-state index in [0.717, 1.165) is 59.0 Å². The van der Waals surface area contributed by atoms with Crippen LogP contribution < -0.4 is 15.4 Å². The molecule has 2 aliphatic rings. The quantitative estimate of drug-likeness (QED) is 0.684. The topological polar surface area (TPSA) is 82.5 Å². The molecule has 1 aromatic heterocycles. The lowest BCUT2D eigenvalue weighted by Crippen LogP contribution is -2.27. The SMILES string of the molecule is CNc1cc(C)nc(Nc2cc3c(c(C4=CCN(C)C[C@H](O)C4)c2Cl)OCCC3)n1. The van der Waals surface area contributed by atoms with E-state index in [4.69, 9.17) is 16.3 Å². The number of rotatable bonds is 4. The fraction of sp³-hybridized carbons (Fsp3) is 0.455. The van der Waals surface area contributed by atoms with Crippen LogP contribution in [-0.2, 0) is 6.42 Å². The lowest BCUT2D eigenvalue weighted by atomic mass is 9.93. The van der Waals surface area contributed by atoms with E-state index in [0.29, 0.717) is 30.5 Å². The third-order valence-electron chi connectivity index (χ3n) is 5.44. The molecule has 2 aliphatic heterocycles. The first kappa shape index (κ1) is 20.9. The Morgan fingerprint density at radius 2 is 2.13 bits per heavy atom. The predicted molar refractivity (Wildman–Crippen MR) is 121 cm³/mol. The highest BCUT2D eigenvalue weighted by molar-refractivity contribution is 6.35. The summed E-state index contributed by atoms with van der Waals surface area (Å²) in [7, 11) is 3.83. The molecule has 0 unspecified atom stereocenters. The number of halogens is 1. The number of nitrogens with one attached hydrogen (secondary N) is 2. The zero-order chi connectivity index (χ0) is 21.3. The molecular formula is C22H28ClN5O2. The summed E-state index contributed by atoms with van der Waals surface area (Å²) in [6.07, 6.45) is 4.10. The predicted octanol–water partition coefficient (Wildman–Crippen LogP) is 3.63. The number of anilines is 3. The molecule has 1 atom stereocenters. The molecule has 3 heterocycles. The van der Waals surface area contributed by atoms with Gasteiger partial charge in [0.25, 0.3) is 0 Å². The van der Waals surface area contributed by atoms with Crippen molar-refractivity contribution in [2.24, 2.45) is 0 Å². The normalized spacial score (nSPS) is 19.4. The number of hydrogen-bond acceptors (Lipinski definition) is 7. The van der Waals surface area contributed by atoms with Crippen LogP contribution in [-0.4, -0.2) is 59.9 Å². The van der Waals surface area contributed by atoms with Crippen molar-refractivity contribution in [2.45, 2.75) is 32.3 Å². The van der Waals surface area contributed by atoms with Crippen LogP contribution in [0.3, 0.4) is 0 Å². The number of benzene rings is 1. The summed E-state index contributed by atoms with van der Waals surface area (Å²) in [5.74, 6) is 2.06. The van der Waals surface area contributed by atoms with Gasteiger partial charge in [0, 0.05) is 43.9 Å². The van der Waals surface area contributed by atoms with E-state index in [-0.39, 0.29) is 0 Å². The minimum Gasteiger partial charge on any atom is -0.493 e. The summed E-state index contributed by atoms with van der Waals surface area (Å²) in [5, 5.41) is 17.4. The van der Waals surface area contributed by atoms with Gasteiger partial charge < -0.3 is 25.4 Å². The number of hydrogen-bond donors (Lipinski definition) is 3. The summed E-state index contributed by atoms with van der Waals surface area (Å²) in [4.78, 5) is 11.1. The van der Waals surface area contributed by atoms with Gasteiger partial charge in [-0.1, -0.05) is 17.7 Å². The molecule has 0 saturated carbocycles. The van der Waals surface area contributed by atoms with Gasteiger partial charge in [-0.05, 0) is 44.0 Å². The minimum atomic E-state index is -0.450. The van der Waals surface area contributed by atoms with Crippen LogP contribution >= 0.6 is 11.6 Å². The maximum absolute atomic E-state index is 10.5. The maximum atomic E-state index is 10.5. The van der Waals surface area contributed by atoms with E-state index < -0.39 is 6.10 Å². The Balaban J connectivity index is 1.79. The summed E-state index contributed by atoms with van der Waals surface area (Å²) in [6, 6.07) is 3.91. The standard InChI is InChI=1S/C22H28ClN5O2/c1-13-9-18(24-2)27-22(25-13)26-17-11-15-5-4-8-30-21(15)19(20(17)23)14-6-7-28(3)12-16(29)10-14/h6,9,11,16,29H,4-5,7-8,10,12H2,1-3H3,(H2,24,25,26,27)/t16-/m1/s1. The van der Waals surface area contributed by atoms with Crippen LogP contribution in [0.4, 0.5) is 17.5 Å². The number of aliphatic hydroxyl groups is 1. The summed E-state index contributed by atoms with van der Waals surface area (Å²) in [6.45, 7) is 3.98. The molecule has 0 amide bonds. The lowest BCUT2D eigenvalue weighted by Gasteiger charge is -2.25. The Hall–Kier alpha value is -2.35. The summed E-state index contributed by atoms with van der Waals surface area (Å²) in [5.41, 5.74) is 4.59. The zero-order valence-electron chi connectivity index (χ0n) is 17.6. The first-order chi connectivity index (χ1) is 14.4. The summed E-state index contributed by atoms with van der Waals surface area (Å²) >= 11 is 6.93. The van der Waals surface area contributed by atoms with Gasteiger partial charge in [-0.2, -0.15) is 4.98 Å². The minimum absolute atomic E-state index is 0.450. The summed E-state index contributed by atoms with van der Waals surface area (Å²) < 4.78 is 6.06. The molecule has 1 aromatic carbocycles. The van der Waals surface area contributed by atoms with Crippen LogP contribution in [0.5, 0.6) is 5.75 Å². The monoisotopic (exact) mass is 429 g/mol. The average molecular weight is 430 g/mol. The highest BCUT2D eigenvalue weighted by Crippen LogP contribution is 2.45. The van der Waals surface area contributed by atoms with E-state index in [9.17, 15) is 5.11 Å². The highest BCUT2D eigenvalue weighted by atomic mass is 35.5. The van der Waals surface area contributed by atoms with E-state index in [1.165, 1.54) is 0 Å². The van der Waals surface area contributed by atoms with Crippen molar-refractivity contribution in [1.29, 1.82) is 0 Å². The highest BCUT2D eigenvalue weighted by Gasteiger charge is 2.26. The molecule has 8 heteroatoms. The van der Waals surface area contributed by atoms with Gasteiger partial charge in [-0.3, -0.25) is 0 Å². The Morgan fingerprint density at radius 1 is 1.30 bits per heavy atom. The van der Waals surface area contributed by atoms with Crippen molar-refractivity contribution in [2.75, 3.05) is 44.4 Å². The van der Waals surface area contributed by atoms with Crippen molar-refractivity contribution >= 4 is 34.6 Å². The third kappa shape index (κ3) is 4.38. The Morgan fingerprint density at radius 3 is 2.93 bits per heavy atom. The van der Waals surface area contributed by atoms with E-state index in [1.807, 2.05) is 33.2 Å². The first-order valence-electron chi connectivity index (χ1n) is 10.3. The van der Waals surface area contributed by atoms with Crippen molar-refractivity contribution in [3.8, 4) is 5.75 Å². The molecule has 0 saturated heterocycles. The number of nitrogens with zero attached hydrogens (tertiary/aromatic N) is 3. The largest absolute Gasteiger partial charge is 0.493 e. The Labute approximate surface area is 182 Å². The van der Waals surface area contributed by atoms with Crippen LogP contribution in [0, 0.1) is 6.92 Å². The second-order valence-electron chi connectivity index (χ2n) is 7.96. The Kier molecular flexibility index (Phi) is 6.13. The smallest absolute Gasteiger partial charge is 0.229 e. The first-order valence-corrected chi connectivity index (χ1v) is 10.7. The van der Waals surface area contributed by atoms with E-state index >= 15 is 0 Å². The second kappa shape index (κ2) is 8.79. The van der Waals surface area contributed by atoms with Gasteiger partial charge in [-0.25, -0.2) is 4.98 Å². The molecule has 160 valence electrons. The van der Waals surface area contributed by atoms with Crippen molar-refractivity contribution in [3.63, 3.8) is 0 Å². The number of β-amino-alcohol motifs (C(OH)–C–C–N with tert-alkyl or cyclic N) is 1. The molecular weight excluding hydrogens is 402 g/mol. The third-order valence-corrected chi connectivity index (χ3v) is 5.83. The Bertz CT molecular complexity index is 978. The molecule has 0 fully saturated rings. The van der Waals surface area contributed by atoms with Crippen LogP contribution in [0.1, 0.15) is 29.7 Å². The van der Waals surface area contributed by atoms with E-state index in [2.05, 4.69) is 31.6 Å². The van der Waals surface area contributed by atoms with Crippen LogP contribution in [0.2, 0.25) is 5.02 Å². The number of likely N-dealkylation sites (N-methyl/N-ethyl adjacent to an activating group) is 1. The van der Waals surface area contributed by atoms with Crippen LogP contribution in [0.25, 0.3) is 5.57 Å². The number of fused-ring (bicyclic) bond motifs is 1. The molecule has 0 aliphatic carbocycles. The number of aromatic nitrogens is 2. The fourth-order valence-corrected chi connectivity index (χ4v) is 4.35. The van der Waals surface area contributed by atoms with Crippen molar-refractivity contribution in [1.82, 2.24) is 14.9 Å². The number of aryl methyl sites for hydroxylation is 2. The number of ether oxygens (including phenoxy) is 1. The van der Waals surface area contributed by atoms with Gasteiger partial charge in [0.15, 0.2) is 0 Å². The molecule has 0 bridgehead atoms. The second-order valence-corrected chi connectivity index (χ2v) is 8.33. The molecule has 30 heavy (non-hydrogen) atoms. The molecule has 3 N–H and O–H groups in total. The molecule has 0 spiro atoms. The van der Waals surface area contributed by atoms with Crippen molar-refractivity contribution in [3.05, 3.63) is 40.1 Å². The zero-order valence-corrected chi connectivity index (χ0v) is 18.4. The molecule has 7 nitrogen and oxygen atoms in total. The van der Waals surface area contributed by atoms with Gasteiger partial charge in [0.2, 0.25) is 5.95 Å². The maximum Gasteiger partial charge on any atom is 0.229 e.